The summed E-state index contributed by atoms with van der Waals surface area (Å²) in [6, 6.07) is 1.84. The van der Waals surface area contributed by atoms with E-state index in [1.165, 1.54) is 0 Å². The maximum absolute atomic E-state index is 10.1. The van der Waals surface area contributed by atoms with Gasteiger partial charge in [-0.2, -0.15) is 0 Å². The normalized spacial score (nSPS) is 10.4. The standard InChI is InChI=1S/C14H20O3/c1-6-7-10-8-11(16-4)12(9(2)3)14(17-5)13(10)15/h6,8-9,15H,1,7H2,2-5H3. The molecule has 1 N–H and O–H groups in total. The zero-order valence-electron chi connectivity index (χ0n) is 10.9. The summed E-state index contributed by atoms with van der Waals surface area (Å²) in [5, 5.41) is 10.1. The molecule has 0 spiro atoms. The molecule has 0 aliphatic rings. The summed E-state index contributed by atoms with van der Waals surface area (Å²) < 4.78 is 10.7. The molecule has 0 fully saturated rings. The number of phenolic OH excluding ortho intramolecular Hbond substituents is 1. The number of hydrogen-bond acceptors (Lipinski definition) is 3. The van der Waals surface area contributed by atoms with Crippen LogP contribution in [0.25, 0.3) is 0 Å². The van der Waals surface area contributed by atoms with E-state index >= 15 is 0 Å². The molecule has 0 aliphatic heterocycles. The van der Waals surface area contributed by atoms with Gasteiger partial charge < -0.3 is 14.6 Å². The van der Waals surface area contributed by atoms with E-state index in [1.54, 1.807) is 20.3 Å². The summed E-state index contributed by atoms with van der Waals surface area (Å²) in [4.78, 5) is 0. The lowest BCUT2D eigenvalue weighted by Crippen LogP contribution is -2.01. The number of ether oxygens (including phenoxy) is 2. The summed E-state index contributed by atoms with van der Waals surface area (Å²) in [5.41, 5.74) is 1.65. The van der Waals surface area contributed by atoms with Crippen LogP contribution >= 0.6 is 0 Å². The quantitative estimate of drug-likeness (QED) is 0.797. The minimum Gasteiger partial charge on any atom is -0.504 e. The Morgan fingerprint density at radius 1 is 1.35 bits per heavy atom. The van der Waals surface area contributed by atoms with Gasteiger partial charge in [-0.3, -0.25) is 0 Å². The third-order valence-electron chi connectivity index (χ3n) is 2.70. The molecule has 17 heavy (non-hydrogen) atoms. The van der Waals surface area contributed by atoms with Crippen LogP contribution in [0.2, 0.25) is 0 Å². The number of aromatic hydroxyl groups is 1. The third-order valence-corrected chi connectivity index (χ3v) is 2.70. The molecule has 0 aromatic heterocycles. The average Bonchev–Trinajstić information content (AvgIpc) is 2.30. The summed E-state index contributed by atoms with van der Waals surface area (Å²) in [6.07, 6.45) is 2.32. The predicted molar refractivity (Wildman–Crippen MR) is 69.2 cm³/mol. The predicted octanol–water partition coefficient (Wildman–Crippen LogP) is 3.26. The number of hydrogen-bond donors (Lipinski definition) is 1. The van der Waals surface area contributed by atoms with E-state index < -0.39 is 0 Å². The van der Waals surface area contributed by atoms with Crippen LogP contribution in [0, 0.1) is 0 Å². The molecule has 0 unspecified atom stereocenters. The highest BCUT2D eigenvalue weighted by atomic mass is 16.5. The lowest BCUT2D eigenvalue weighted by molar-refractivity contribution is 0.352. The molecule has 94 valence electrons. The third kappa shape index (κ3) is 2.54. The topological polar surface area (TPSA) is 38.7 Å². The first-order valence-corrected chi connectivity index (χ1v) is 5.64. The average molecular weight is 236 g/mol. The van der Waals surface area contributed by atoms with Crippen molar-refractivity contribution in [3.05, 3.63) is 29.8 Å². The first kappa shape index (κ1) is 13.4. The molecule has 3 heteroatoms. The van der Waals surface area contributed by atoms with Gasteiger partial charge in [-0.1, -0.05) is 19.9 Å². The molecule has 0 bridgehead atoms. The van der Waals surface area contributed by atoms with Gasteiger partial charge in [0.15, 0.2) is 11.5 Å². The van der Waals surface area contributed by atoms with Gasteiger partial charge in [-0.25, -0.2) is 0 Å². The van der Waals surface area contributed by atoms with Gasteiger partial charge in [0.25, 0.3) is 0 Å². The van der Waals surface area contributed by atoms with Crippen molar-refractivity contribution in [2.45, 2.75) is 26.2 Å². The first-order chi connectivity index (χ1) is 8.06. The Balaban J connectivity index is 3.49. The second-order valence-corrected chi connectivity index (χ2v) is 4.18. The molecule has 3 nitrogen and oxygen atoms in total. The molecule has 0 amide bonds. The number of rotatable bonds is 5. The molecular formula is C14H20O3. The molecule has 0 atom stereocenters. The Kier molecular flexibility index (Phi) is 4.44. The molecule has 1 aromatic carbocycles. The molecular weight excluding hydrogens is 216 g/mol. The fourth-order valence-corrected chi connectivity index (χ4v) is 1.92. The van der Waals surface area contributed by atoms with E-state index in [0.717, 1.165) is 16.9 Å². The summed E-state index contributed by atoms with van der Waals surface area (Å²) in [7, 11) is 3.17. The largest absolute Gasteiger partial charge is 0.504 e. The van der Waals surface area contributed by atoms with E-state index in [4.69, 9.17) is 9.47 Å². The van der Waals surface area contributed by atoms with Crippen molar-refractivity contribution < 1.29 is 14.6 Å². The summed E-state index contributed by atoms with van der Waals surface area (Å²) in [5.74, 6) is 1.63. The molecule has 0 saturated heterocycles. The van der Waals surface area contributed by atoms with Gasteiger partial charge in [0.2, 0.25) is 0 Å². The van der Waals surface area contributed by atoms with E-state index in [1.807, 2.05) is 19.9 Å². The molecule has 1 aromatic rings. The Labute approximate surface area is 103 Å². The molecule has 0 radical (unpaired) electrons. The lowest BCUT2D eigenvalue weighted by Gasteiger charge is -2.19. The Morgan fingerprint density at radius 2 is 2.00 bits per heavy atom. The van der Waals surface area contributed by atoms with Crippen molar-refractivity contribution in [1.29, 1.82) is 0 Å². The highest BCUT2D eigenvalue weighted by Crippen LogP contribution is 2.43. The van der Waals surface area contributed by atoms with Crippen LogP contribution in [0.5, 0.6) is 17.2 Å². The smallest absolute Gasteiger partial charge is 0.167 e. The molecule has 0 heterocycles. The van der Waals surface area contributed by atoms with Crippen molar-refractivity contribution in [2.75, 3.05) is 14.2 Å². The Hall–Kier alpha value is -1.64. The van der Waals surface area contributed by atoms with Gasteiger partial charge in [-0.05, 0) is 18.4 Å². The highest BCUT2D eigenvalue weighted by Gasteiger charge is 2.20. The van der Waals surface area contributed by atoms with E-state index in [2.05, 4.69) is 6.58 Å². The number of benzene rings is 1. The van der Waals surface area contributed by atoms with Crippen molar-refractivity contribution in [1.82, 2.24) is 0 Å². The van der Waals surface area contributed by atoms with E-state index in [-0.39, 0.29) is 11.7 Å². The van der Waals surface area contributed by atoms with Crippen LogP contribution in [-0.2, 0) is 6.42 Å². The van der Waals surface area contributed by atoms with Gasteiger partial charge in [0, 0.05) is 11.1 Å². The first-order valence-electron chi connectivity index (χ1n) is 5.64. The zero-order chi connectivity index (χ0) is 13.0. The molecule has 1 rings (SSSR count). The van der Waals surface area contributed by atoms with Gasteiger partial charge in [0.05, 0.1) is 14.2 Å². The maximum atomic E-state index is 10.1. The zero-order valence-corrected chi connectivity index (χ0v) is 10.9. The van der Waals surface area contributed by atoms with E-state index in [0.29, 0.717) is 12.2 Å². The molecule has 0 aliphatic carbocycles. The van der Waals surface area contributed by atoms with Crippen LogP contribution in [0.15, 0.2) is 18.7 Å². The fourth-order valence-electron chi connectivity index (χ4n) is 1.92. The van der Waals surface area contributed by atoms with Crippen molar-refractivity contribution in [3.63, 3.8) is 0 Å². The summed E-state index contributed by atoms with van der Waals surface area (Å²) in [6.45, 7) is 7.74. The second kappa shape index (κ2) is 5.62. The fraction of sp³-hybridized carbons (Fsp3) is 0.429. The maximum Gasteiger partial charge on any atom is 0.167 e. The van der Waals surface area contributed by atoms with Crippen LogP contribution in [0.3, 0.4) is 0 Å². The Morgan fingerprint density at radius 3 is 2.41 bits per heavy atom. The van der Waals surface area contributed by atoms with Crippen LogP contribution in [0.4, 0.5) is 0 Å². The number of phenols is 1. The monoisotopic (exact) mass is 236 g/mol. The van der Waals surface area contributed by atoms with Gasteiger partial charge >= 0.3 is 0 Å². The van der Waals surface area contributed by atoms with Crippen molar-refractivity contribution >= 4 is 0 Å². The highest BCUT2D eigenvalue weighted by molar-refractivity contribution is 5.59. The van der Waals surface area contributed by atoms with Gasteiger partial charge in [0.1, 0.15) is 5.75 Å². The Bertz CT molecular complexity index is 408. The summed E-state index contributed by atoms with van der Waals surface area (Å²) >= 11 is 0. The van der Waals surface area contributed by atoms with E-state index in [9.17, 15) is 5.11 Å². The van der Waals surface area contributed by atoms with Crippen molar-refractivity contribution in [3.8, 4) is 17.2 Å². The van der Waals surface area contributed by atoms with Crippen molar-refractivity contribution in [2.24, 2.45) is 0 Å². The number of methoxy groups -OCH3 is 2. The SMILES string of the molecule is C=CCc1cc(OC)c(C(C)C)c(OC)c1O. The second-order valence-electron chi connectivity index (χ2n) is 4.18. The molecule has 0 saturated carbocycles. The van der Waals surface area contributed by atoms with Crippen LogP contribution in [0.1, 0.15) is 30.9 Å². The minimum atomic E-state index is 0.178. The van der Waals surface area contributed by atoms with Crippen LogP contribution in [-0.4, -0.2) is 19.3 Å². The van der Waals surface area contributed by atoms with Crippen LogP contribution < -0.4 is 9.47 Å². The lowest BCUT2D eigenvalue weighted by atomic mass is 9.96. The number of allylic oxidation sites excluding steroid dienone is 1. The minimum absolute atomic E-state index is 0.178. The van der Waals surface area contributed by atoms with Gasteiger partial charge in [-0.15, -0.1) is 6.58 Å².